The van der Waals surface area contributed by atoms with Crippen LogP contribution >= 0.6 is 11.8 Å². The number of fused-ring (bicyclic) bond motifs is 3. The van der Waals surface area contributed by atoms with Crippen LogP contribution in [0.2, 0.25) is 0 Å². The van der Waals surface area contributed by atoms with E-state index < -0.39 is 0 Å². The SMILES string of the molecule is CCSc1nnc2c(n1)O[C@H](/C(C)=C\c1ccc(C(C)C)cc1)Nc1ccccc1-2. The maximum absolute atomic E-state index is 6.32. The quantitative estimate of drug-likeness (QED) is 0.512. The lowest BCUT2D eigenvalue weighted by atomic mass is 10.0. The van der Waals surface area contributed by atoms with Crippen molar-refractivity contribution < 1.29 is 4.74 Å². The number of anilines is 1. The van der Waals surface area contributed by atoms with Crippen LogP contribution in [0.5, 0.6) is 5.88 Å². The first-order valence-corrected chi connectivity index (χ1v) is 11.2. The third-order valence-corrected chi connectivity index (χ3v) is 5.74. The van der Waals surface area contributed by atoms with Crippen LogP contribution in [0.4, 0.5) is 5.69 Å². The normalized spacial score (nSPS) is 15.6. The lowest BCUT2D eigenvalue weighted by molar-refractivity contribution is 0.255. The van der Waals surface area contributed by atoms with Crippen molar-refractivity contribution in [3.8, 4) is 17.1 Å². The molecule has 0 saturated carbocycles. The second kappa shape index (κ2) is 8.88. The molecule has 4 rings (SSSR count). The van der Waals surface area contributed by atoms with Crippen LogP contribution in [0.3, 0.4) is 0 Å². The fraction of sp³-hybridized carbons (Fsp3) is 0.292. The zero-order chi connectivity index (χ0) is 21.1. The number of hydrogen-bond acceptors (Lipinski definition) is 6. The molecule has 1 N–H and O–H groups in total. The lowest BCUT2D eigenvalue weighted by Crippen LogP contribution is -2.27. The van der Waals surface area contributed by atoms with Crippen molar-refractivity contribution in [1.82, 2.24) is 15.2 Å². The highest BCUT2D eigenvalue weighted by Gasteiger charge is 2.25. The summed E-state index contributed by atoms with van der Waals surface area (Å²) in [5.74, 6) is 1.90. The van der Waals surface area contributed by atoms with Crippen molar-refractivity contribution >= 4 is 23.5 Å². The van der Waals surface area contributed by atoms with E-state index in [2.05, 4.69) is 78.5 Å². The summed E-state index contributed by atoms with van der Waals surface area (Å²) in [7, 11) is 0. The molecule has 0 aliphatic carbocycles. The minimum absolute atomic E-state index is 0.353. The molecule has 1 aromatic heterocycles. The van der Waals surface area contributed by atoms with Crippen LogP contribution in [-0.2, 0) is 0 Å². The molecule has 2 aromatic carbocycles. The van der Waals surface area contributed by atoms with E-state index in [-0.39, 0.29) is 6.23 Å². The lowest BCUT2D eigenvalue weighted by Gasteiger charge is -2.20. The first-order valence-electron chi connectivity index (χ1n) is 10.2. The zero-order valence-corrected chi connectivity index (χ0v) is 18.5. The first-order chi connectivity index (χ1) is 14.5. The van der Waals surface area contributed by atoms with Crippen LogP contribution < -0.4 is 10.1 Å². The van der Waals surface area contributed by atoms with Gasteiger partial charge < -0.3 is 10.1 Å². The molecule has 0 unspecified atom stereocenters. The van der Waals surface area contributed by atoms with Gasteiger partial charge in [-0.3, -0.25) is 0 Å². The number of thioether (sulfide) groups is 1. The predicted octanol–water partition coefficient (Wildman–Crippen LogP) is 6.01. The second-order valence-electron chi connectivity index (χ2n) is 7.58. The van der Waals surface area contributed by atoms with Gasteiger partial charge in [-0.2, -0.15) is 4.98 Å². The van der Waals surface area contributed by atoms with Crippen LogP contribution in [0, 0.1) is 0 Å². The molecule has 0 fully saturated rings. The van der Waals surface area contributed by atoms with Crippen LogP contribution in [0.15, 0.2) is 59.3 Å². The number of hydrogen-bond donors (Lipinski definition) is 1. The first kappa shape index (κ1) is 20.4. The molecule has 0 spiro atoms. The Morgan fingerprint density at radius 1 is 1.13 bits per heavy atom. The van der Waals surface area contributed by atoms with Gasteiger partial charge in [0.05, 0.1) is 0 Å². The van der Waals surface area contributed by atoms with Crippen molar-refractivity contribution in [3.05, 3.63) is 65.2 Å². The summed E-state index contributed by atoms with van der Waals surface area (Å²) in [6.45, 7) is 8.54. The molecule has 1 aliphatic heterocycles. The third kappa shape index (κ3) is 4.33. The molecule has 1 atom stereocenters. The van der Waals surface area contributed by atoms with Gasteiger partial charge in [0.1, 0.15) is 0 Å². The minimum Gasteiger partial charge on any atom is -0.448 e. The van der Waals surface area contributed by atoms with E-state index in [4.69, 9.17) is 4.74 Å². The van der Waals surface area contributed by atoms with Gasteiger partial charge >= 0.3 is 0 Å². The number of aromatic nitrogens is 3. The largest absolute Gasteiger partial charge is 0.448 e. The van der Waals surface area contributed by atoms with Crippen molar-refractivity contribution in [2.45, 2.75) is 45.0 Å². The number of ether oxygens (including phenoxy) is 1. The summed E-state index contributed by atoms with van der Waals surface area (Å²) >= 11 is 1.55. The maximum atomic E-state index is 6.32. The Balaban J connectivity index is 1.70. The average molecular weight is 419 g/mol. The van der Waals surface area contributed by atoms with E-state index in [9.17, 15) is 0 Å². The highest BCUT2D eigenvalue weighted by atomic mass is 32.2. The Bertz CT molecular complexity index is 1060. The highest BCUT2D eigenvalue weighted by Crippen LogP contribution is 2.37. The molecule has 5 nitrogen and oxygen atoms in total. The molecule has 0 saturated heterocycles. The standard InChI is InChI=1S/C24H26N4OS/c1-5-30-24-26-23-21(27-28-24)19-8-6-7-9-20(19)25-22(29-23)16(4)14-17-10-12-18(13-11-17)15(2)3/h6-15,22,25H,5H2,1-4H3/b16-14-/t22-/m1/s1. The maximum Gasteiger partial charge on any atom is 0.247 e. The molecule has 3 aromatic rings. The number of rotatable bonds is 5. The second-order valence-corrected chi connectivity index (χ2v) is 8.81. The Morgan fingerprint density at radius 3 is 2.63 bits per heavy atom. The highest BCUT2D eigenvalue weighted by molar-refractivity contribution is 7.99. The van der Waals surface area contributed by atoms with Gasteiger partial charge in [0.2, 0.25) is 11.0 Å². The molecule has 0 amide bonds. The number of benzene rings is 2. The van der Waals surface area contributed by atoms with Gasteiger partial charge in [-0.25, -0.2) is 0 Å². The predicted molar refractivity (Wildman–Crippen MR) is 124 cm³/mol. The number of para-hydroxylation sites is 1. The van der Waals surface area contributed by atoms with Gasteiger partial charge in [-0.05, 0) is 41.4 Å². The molecule has 0 radical (unpaired) electrons. The summed E-state index contributed by atoms with van der Waals surface area (Å²) in [5, 5.41) is 12.8. The van der Waals surface area contributed by atoms with Gasteiger partial charge in [-0.15, -0.1) is 10.2 Å². The number of nitrogens with zero attached hydrogens (tertiary/aromatic N) is 3. The molecule has 0 bridgehead atoms. The van der Waals surface area contributed by atoms with E-state index in [0.717, 1.165) is 28.1 Å². The Hall–Kier alpha value is -2.86. The Labute approximate surface area is 182 Å². The third-order valence-electron chi connectivity index (χ3n) is 5.02. The van der Waals surface area contributed by atoms with Crippen LogP contribution in [0.1, 0.15) is 44.7 Å². The smallest absolute Gasteiger partial charge is 0.247 e. The monoisotopic (exact) mass is 418 g/mol. The topological polar surface area (TPSA) is 59.9 Å². The van der Waals surface area contributed by atoms with Crippen molar-refractivity contribution in [1.29, 1.82) is 0 Å². The van der Waals surface area contributed by atoms with Gasteiger partial charge in [-0.1, -0.05) is 81.1 Å². The fourth-order valence-corrected chi connectivity index (χ4v) is 3.86. The van der Waals surface area contributed by atoms with Crippen molar-refractivity contribution in [2.75, 3.05) is 11.1 Å². The summed E-state index contributed by atoms with van der Waals surface area (Å²) in [5.41, 5.74) is 6.09. The van der Waals surface area contributed by atoms with E-state index >= 15 is 0 Å². The summed E-state index contributed by atoms with van der Waals surface area (Å²) < 4.78 is 6.32. The average Bonchev–Trinajstić information content (AvgIpc) is 2.91. The molecular formula is C24H26N4OS. The molecule has 6 heteroatoms. The Morgan fingerprint density at radius 2 is 1.90 bits per heavy atom. The minimum atomic E-state index is -0.353. The van der Waals surface area contributed by atoms with Gasteiger partial charge in [0, 0.05) is 11.3 Å². The van der Waals surface area contributed by atoms with Gasteiger partial charge in [0.15, 0.2) is 11.9 Å². The molecule has 154 valence electrons. The molecule has 30 heavy (non-hydrogen) atoms. The molecule has 2 heterocycles. The molecule has 1 aliphatic rings. The van der Waals surface area contributed by atoms with Crippen molar-refractivity contribution in [2.24, 2.45) is 0 Å². The van der Waals surface area contributed by atoms with E-state index in [1.54, 1.807) is 11.8 Å². The van der Waals surface area contributed by atoms with Gasteiger partial charge in [0.25, 0.3) is 0 Å². The van der Waals surface area contributed by atoms with E-state index in [1.165, 1.54) is 5.56 Å². The van der Waals surface area contributed by atoms with Crippen molar-refractivity contribution in [3.63, 3.8) is 0 Å². The zero-order valence-electron chi connectivity index (χ0n) is 17.7. The molecular weight excluding hydrogens is 392 g/mol. The fourth-order valence-electron chi connectivity index (χ4n) is 3.36. The number of nitrogens with one attached hydrogen (secondary N) is 1. The van der Waals surface area contributed by atoms with Crippen LogP contribution in [0.25, 0.3) is 17.3 Å². The summed E-state index contributed by atoms with van der Waals surface area (Å²) in [6, 6.07) is 16.7. The summed E-state index contributed by atoms with van der Waals surface area (Å²) in [6.07, 6.45) is 1.79. The Kier molecular flexibility index (Phi) is 6.04. The van der Waals surface area contributed by atoms with E-state index in [0.29, 0.717) is 22.6 Å². The van der Waals surface area contributed by atoms with E-state index in [1.807, 2.05) is 24.3 Å². The summed E-state index contributed by atoms with van der Waals surface area (Å²) in [4.78, 5) is 4.63. The van der Waals surface area contributed by atoms with Crippen LogP contribution in [-0.4, -0.2) is 27.2 Å².